The van der Waals surface area contributed by atoms with Gasteiger partial charge < -0.3 is 30.3 Å². The van der Waals surface area contributed by atoms with Crippen molar-refractivity contribution in [3.05, 3.63) is 144 Å². The Hall–Kier alpha value is -5.84. The Labute approximate surface area is 350 Å². The van der Waals surface area contributed by atoms with Crippen LogP contribution in [0.2, 0.25) is 0 Å². The van der Waals surface area contributed by atoms with E-state index in [0.29, 0.717) is 67.6 Å². The molecular formula is C44H45B2F4N5O6. The van der Waals surface area contributed by atoms with Gasteiger partial charge in [-0.3, -0.25) is 19.6 Å². The van der Waals surface area contributed by atoms with Crippen molar-refractivity contribution in [2.45, 2.75) is 31.4 Å². The fourth-order valence-corrected chi connectivity index (χ4v) is 7.32. The minimum Gasteiger partial charge on any atom is -0.423 e. The highest BCUT2D eigenvalue weighted by Gasteiger charge is 2.33. The summed E-state index contributed by atoms with van der Waals surface area (Å²) in [5.41, 5.74) is 4.26. The summed E-state index contributed by atoms with van der Waals surface area (Å²) in [7, 11) is -2.85. The maximum atomic E-state index is 13.1. The third kappa shape index (κ3) is 12.4. The Kier molecular flexibility index (Phi) is 15.1. The van der Waals surface area contributed by atoms with Crippen LogP contribution >= 0.6 is 0 Å². The fraction of sp³-hybridized carbons (Fsp3) is 0.250. The van der Waals surface area contributed by atoms with Gasteiger partial charge in [-0.15, -0.1) is 0 Å². The first kappa shape index (κ1) is 44.7. The van der Waals surface area contributed by atoms with Crippen molar-refractivity contribution in [1.82, 2.24) is 20.0 Å². The van der Waals surface area contributed by atoms with Crippen molar-refractivity contribution in [2.24, 2.45) is 5.92 Å². The molecule has 1 atom stereocenters. The fourth-order valence-electron chi connectivity index (χ4n) is 7.32. The Morgan fingerprint density at radius 3 is 2.02 bits per heavy atom. The molecule has 11 nitrogen and oxygen atoms in total. The van der Waals surface area contributed by atoms with Gasteiger partial charge in [-0.2, -0.15) is 18.3 Å². The molecule has 0 radical (unpaired) electrons. The molecule has 2 saturated heterocycles. The second-order valence-electron chi connectivity index (χ2n) is 14.9. The molecule has 0 bridgehead atoms. The van der Waals surface area contributed by atoms with Gasteiger partial charge in [0.2, 0.25) is 11.8 Å². The number of benzene rings is 5. The van der Waals surface area contributed by atoms with Crippen LogP contribution in [0.3, 0.4) is 0 Å². The molecule has 0 saturated carbocycles. The molecule has 3 heterocycles. The van der Waals surface area contributed by atoms with Crippen LogP contribution in [0.15, 0.2) is 127 Å². The SMILES string of the molecule is O=C(Nc1ccc2[nH]nc(-c3ccccc3)c2c1)[C@@H]1CCN(CC(=O)N2CCC(c3cccc(C(F)(F)F)c3)CC2)C1.OB(O)c1ccc(F)cc1.OB(O)c1ccccc1. The number of likely N-dealkylation sites (tertiary alicyclic amines) is 2. The maximum Gasteiger partial charge on any atom is 0.488 e. The van der Waals surface area contributed by atoms with E-state index in [1.54, 1.807) is 35.2 Å². The monoisotopic (exact) mass is 837 g/mol. The maximum absolute atomic E-state index is 13.1. The van der Waals surface area contributed by atoms with Crippen molar-refractivity contribution in [3.8, 4) is 11.3 Å². The first-order valence-corrected chi connectivity index (χ1v) is 19.8. The van der Waals surface area contributed by atoms with E-state index in [9.17, 15) is 27.2 Å². The number of alkyl halides is 3. The highest BCUT2D eigenvalue weighted by atomic mass is 19.4. The van der Waals surface area contributed by atoms with Gasteiger partial charge in [0.05, 0.1) is 29.2 Å². The number of aromatic amines is 1. The van der Waals surface area contributed by atoms with Crippen LogP contribution in [0, 0.1) is 11.7 Å². The van der Waals surface area contributed by atoms with Gasteiger partial charge in [0.1, 0.15) is 5.82 Å². The molecule has 0 spiro atoms. The zero-order valence-electron chi connectivity index (χ0n) is 33.0. The number of aromatic nitrogens is 2. The van der Waals surface area contributed by atoms with Crippen LogP contribution in [0.25, 0.3) is 22.2 Å². The summed E-state index contributed by atoms with van der Waals surface area (Å²) in [6.45, 7) is 2.42. The van der Waals surface area contributed by atoms with Crippen LogP contribution in [0.4, 0.5) is 23.2 Å². The van der Waals surface area contributed by atoms with E-state index in [2.05, 4.69) is 15.5 Å². The Balaban J connectivity index is 0.000000268. The standard InChI is InChI=1S/C32H32F3N5O2.C6H6BFO2.C6H7BO2/c33-32(34,35)25-8-4-7-23(17-25)21-12-15-40(16-13-21)29(41)20-39-14-11-24(19-39)31(42)36-26-9-10-28-27(18-26)30(38-37-28)22-5-2-1-3-6-22;8-6-3-1-5(2-4-6)7(9)10;8-7(9)6-4-2-1-3-5-6/h1-10,17-18,21,24H,11-16,19-20H2,(H,36,42)(H,37,38);1-4,9-10H;1-5,8-9H/t24-;;/m1../s1. The second kappa shape index (κ2) is 20.6. The number of hydrogen-bond acceptors (Lipinski definition) is 8. The average Bonchev–Trinajstić information content (AvgIpc) is 3.92. The van der Waals surface area contributed by atoms with Crippen LogP contribution in [0.5, 0.6) is 0 Å². The van der Waals surface area contributed by atoms with Crippen molar-refractivity contribution >= 4 is 53.6 Å². The van der Waals surface area contributed by atoms with Crippen LogP contribution in [-0.2, 0) is 15.8 Å². The zero-order valence-corrected chi connectivity index (χ0v) is 33.0. The number of piperidine rings is 1. The number of halogens is 4. The van der Waals surface area contributed by atoms with Gasteiger partial charge in [0.25, 0.3) is 0 Å². The Morgan fingerprint density at radius 1 is 0.754 bits per heavy atom. The summed E-state index contributed by atoms with van der Waals surface area (Å²) in [6, 6.07) is 34.7. The van der Waals surface area contributed by atoms with Crippen molar-refractivity contribution in [2.75, 3.05) is 38.0 Å². The summed E-state index contributed by atoms with van der Waals surface area (Å²) >= 11 is 0. The lowest BCUT2D eigenvalue weighted by Crippen LogP contribution is -2.43. The zero-order chi connectivity index (χ0) is 43.5. The molecule has 0 unspecified atom stereocenters. The molecule has 1 aromatic heterocycles. The van der Waals surface area contributed by atoms with Crippen molar-refractivity contribution < 1.29 is 47.2 Å². The van der Waals surface area contributed by atoms with E-state index in [1.807, 2.05) is 59.5 Å². The average molecular weight is 837 g/mol. The van der Waals surface area contributed by atoms with Crippen LogP contribution in [0.1, 0.15) is 36.3 Å². The van der Waals surface area contributed by atoms with Crippen molar-refractivity contribution in [1.29, 1.82) is 0 Å². The van der Waals surface area contributed by atoms with Crippen LogP contribution in [-0.4, -0.2) is 98.9 Å². The molecule has 2 amide bonds. The predicted octanol–water partition coefficient (Wildman–Crippen LogP) is 4.79. The summed E-state index contributed by atoms with van der Waals surface area (Å²) in [4.78, 5) is 29.9. The Morgan fingerprint density at radius 2 is 1.39 bits per heavy atom. The molecule has 0 aliphatic carbocycles. The van der Waals surface area contributed by atoms with Gasteiger partial charge in [0, 0.05) is 36.3 Å². The number of hydrogen-bond donors (Lipinski definition) is 6. The lowest BCUT2D eigenvalue weighted by molar-refractivity contribution is -0.137. The molecule has 5 aromatic carbocycles. The Bertz CT molecular complexity index is 2350. The van der Waals surface area contributed by atoms with E-state index in [1.165, 1.54) is 36.4 Å². The number of fused-ring (bicyclic) bond motifs is 1. The number of carbonyl (C=O) groups excluding carboxylic acids is 2. The number of carbonyl (C=O) groups is 2. The number of nitrogens with one attached hydrogen (secondary N) is 2. The highest BCUT2D eigenvalue weighted by molar-refractivity contribution is 6.58. The van der Waals surface area contributed by atoms with E-state index < -0.39 is 26.0 Å². The summed E-state index contributed by atoms with van der Waals surface area (Å²) in [5.74, 6) is -0.683. The minimum atomic E-state index is -4.36. The lowest BCUT2D eigenvalue weighted by Gasteiger charge is -2.33. The lowest BCUT2D eigenvalue weighted by atomic mass is 9.80. The molecule has 2 aliphatic heterocycles. The molecule has 6 N–H and O–H groups in total. The third-order valence-electron chi connectivity index (χ3n) is 10.7. The van der Waals surface area contributed by atoms with Gasteiger partial charge in [-0.05, 0) is 84.6 Å². The van der Waals surface area contributed by atoms with Crippen molar-refractivity contribution in [3.63, 3.8) is 0 Å². The number of amides is 2. The molecule has 2 aliphatic rings. The highest BCUT2D eigenvalue weighted by Crippen LogP contribution is 2.34. The molecular weight excluding hydrogens is 792 g/mol. The molecule has 61 heavy (non-hydrogen) atoms. The summed E-state index contributed by atoms with van der Waals surface area (Å²) in [5, 5.41) is 45.7. The topological polar surface area (TPSA) is 162 Å². The van der Waals surface area contributed by atoms with Gasteiger partial charge in [-0.1, -0.05) is 91.0 Å². The third-order valence-corrected chi connectivity index (χ3v) is 10.7. The van der Waals surface area contributed by atoms with Gasteiger partial charge in [0.15, 0.2) is 0 Å². The predicted molar refractivity (Wildman–Crippen MR) is 227 cm³/mol. The first-order chi connectivity index (χ1) is 29.2. The number of rotatable bonds is 8. The number of nitrogens with zero attached hydrogens (tertiary/aromatic N) is 3. The van der Waals surface area contributed by atoms with E-state index in [-0.39, 0.29) is 36.0 Å². The number of anilines is 1. The second-order valence-corrected chi connectivity index (χ2v) is 14.9. The first-order valence-electron chi connectivity index (χ1n) is 19.8. The molecule has 2 fully saturated rings. The number of H-pyrrole nitrogens is 1. The van der Waals surface area contributed by atoms with Crippen LogP contribution < -0.4 is 16.2 Å². The molecule has 8 rings (SSSR count). The smallest absolute Gasteiger partial charge is 0.423 e. The quantitative estimate of drug-likeness (QED) is 0.0943. The van der Waals surface area contributed by atoms with Gasteiger partial charge in [-0.25, -0.2) is 4.39 Å². The van der Waals surface area contributed by atoms with Gasteiger partial charge >= 0.3 is 20.4 Å². The molecule has 6 aromatic rings. The molecule has 17 heteroatoms. The minimum absolute atomic E-state index is 0.00116. The molecule has 316 valence electrons. The van der Waals surface area contributed by atoms with E-state index >= 15 is 0 Å². The summed E-state index contributed by atoms with van der Waals surface area (Å²) < 4.78 is 51.5. The normalized spacial score (nSPS) is 15.6. The summed E-state index contributed by atoms with van der Waals surface area (Å²) in [6.07, 6.45) is -2.44. The van der Waals surface area contributed by atoms with E-state index in [4.69, 9.17) is 20.1 Å². The van der Waals surface area contributed by atoms with E-state index in [0.717, 1.165) is 28.2 Å². The largest absolute Gasteiger partial charge is 0.488 e.